The van der Waals surface area contributed by atoms with Crippen molar-refractivity contribution in [3.63, 3.8) is 0 Å². The predicted octanol–water partition coefficient (Wildman–Crippen LogP) is 4.45. The summed E-state index contributed by atoms with van der Waals surface area (Å²) in [4.78, 5) is 15.8. The average Bonchev–Trinajstić information content (AvgIpc) is 3.08. The Bertz CT molecular complexity index is 1280. The maximum atomic E-state index is 12.4. The van der Waals surface area contributed by atoms with E-state index in [1.807, 2.05) is 48.9 Å². The Morgan fingerprint density at radius 2 is 1.87 bits per heavy atom. The van der Waals surface area contributed by atoms with Gasteiger partial charge in [0, 0.05) is 29.9 Å². The smallest absolute Gasteiger partial charge is 0.191 e. The number of aryl methyl sites for hydroxylation is 3. The van der Waals surface area contributed by atoms with Crippen LogP contribution in [0.25, 0.3) is 10.9 Å². The van der Waals surface area contributed by atoms with Crippen LogP contribution in [-0.2, 0) is 19.4 Å². The van der Waals surface area contributed by atoms with Gasteiger partial charge in [-0.3, -0.25) is 4.79 Å². The number of thioether (sulfide) groups is 1. The summed E-state index contributed by atoms with van der Waals surface area (Å²) in [6, 6.07) is 13.5. The Morgan fingerprint density at radius 3 is 2.67 bits per heavy atom. The molecule has 0 saturated carbocycles. The van der Waals surface area contributed by atoms with Crippen molar-refractivity contribution in [2.75, 3.05) is 0 Å². The van der Waals surface area contributed by atoms with E-state index < -0.39 is 0 Å². The molecule has 154 valence electrons. The molecule has 0 aliphatic rings. The van der Waals surface area contributed by atoms with Gasteiger partial charge in [0.25, 0.3) is 0 Å². The van der Waals surface area contributed by atoms with Crippen LogP contribution in [0.15, 0.2) is 52.4 Å². The van der Waals surface area contributed by atoms with Gasteiger partial charge < -0.3 is 14.3 Å². The highest BCUT2D eigenvalue weighted by molar-refractivity contribution is 7.98. The fraction of sp³-hybridized carbons (Fsp3) is 0.261. The quantitative estimate of drug-likeness (QED) is 0.467. The molecule has 0 bridgehead atoms. The minimum atomic E-state index is 0.0310. The summed E-state index contributed by atoms with van der Waals surface area (Å²) < 4.78 is 7.81. The first-order valence-electron chi connectivity index (χ1n) is 9.75. The van der Waals surface area contributed by atoms with E-state index in [9.17, 15) is 4.79 Å². The molecule has 0 amide bonds. The zero-order chi connectivity index (χ0) is 21.3. The first-order valence-corrected chi connectivity index (χ1v) is 10.7. The number of aromatic amines is 1. The highest BCUT2D eigenvalue weighted by Crippen LogP contribution is 2.23. The molecule has 4 aromatic rings. The van der Waals surface area contributed by atoms with Crippen LogP contribution in [0.4, 0.5) is 0 Å². The van der Waals surface area contributed by atoms with Gasteiger partial charge in [-0.1, -0.05) is 30.0 Å². The third kappa shape index (κ3) is 4.11. The maximum absolute atomic E-state index is 12.4. The van der Waals surface area contributed by atoms with E-state index in [-0.39, 0.29) is 5.43 Å². The zero-order valence-electron chi connectivity index (χ0n) is 17.5. The van der Waals surface area contributed by atoms with Crippen LogP contribution in [0.3, 0.4) is 0 Å². The minimum Gasteiger partial charge on any atom is -0.486 e. The van der Waals surface area contributed by atoms with Crippen molar-refractivity contribution in [1.29, 1.82) is 0 Å². The van der Waals surface area contributed by atoms with Gasteiger partial charge in [0.15, 0.2) is 16.4 Å². The standard InChI is InChI=1S/C23H24N4O2S/c1-14-8-9-18(10-16(14)3)29-12-21-25-26-23(27(21)4)30-13-17-11-20(28)19-7-5-6-15(2)22(19)24-17/h5-11H,12-13H2,1-4H3,(H,24,28). The number of nitrogens with one attached hydrogen (secondary N) is 1. The average molecular weight is 421 g/mol. The lowest BCUT2D eigenvalue weighted by Crippen LogP contribution is -2.06. The SMILES string of the molecule is Cc1ccc(OCc2nnc(SCc3cc(=O)c4cccc(C)c4[nH]3)n2C)cc1C. The summed E-state index contributed by atoms with van der Waals surface area (Å²) in [5.41, 5.74) is 5.27. The summed E-state index contributed by atoms with van der Waals surface area (Å²) in [5.74, 6) is 2.17. The van der Waals surface area contributed by atoms with Crippen molar-refractivity contribution < 1.29 is 4.74 Å². The maximum Gasteiger partial charge on any atom is 0.191 e. The number of fused-ring (bicyclic) bond motifs is 1. The molecule has 1 N–H and O–H groups in total. The second-order valence-corrected chi connectivity index (χ2v) is 8.38. The molecule has 2 aromatic heterocycles. The molecule has 0 aliphatic carbocycles. The van der Waals surface area contributed by atoms with Crippen LogP contribution in [0.1, 0.15) is 28.2 Å². The van der Waals surface area contributed by atoms with E-state index >= 15 is 0 Å². The van der Waals surface area contributed by atoms with Crippen LogP contribution >= 0.6 is 11.8 Å². The summed E-state index contributed by atoms with van der Waals surface area (Å²) in [5, 5.41) is 10.0. The van der Waals surface area contributed by atoms with Gasteiger partial charge in [-0.15, -0.1) is 10.2 Å². The topological polar surface area (TPSA) is 72.8 Å². The number of para-hydroxylation sites is 1. The summed E-state index contributed by atoms with van der Waals surface area (Å²) in [6.45, 7) is 6.49. The number of rotatable bonds is 6. The predicted molar refractivity (Wildman–Crippen MR) is 120 cm³/mol. The van der Waals surface area contributed by atoms with Gasteiger partial charge >= 0.3 is 0 Å². The number of ether oxygens (including phenoxy) is 1. The third-order valence-corrected chi connectivity index (χ3v) is 6.33. The fourth-order valence-corrected chi connectivity index (χ4v) is 4.08. The van der Waals surface area contributed by atoms with E-state index in [0.29, 0.717) is 17.7 Å². The van der Waals surface area contributed by atoms with Crippen LogP contribution in [-0.4, -0.2) is 19.7 Å². The summed E-state index contributed by atoms with van der Waals surface area (Å²) in [7, 11) is 1.93. The van der Waals surface area contributed by atoms with Crippen LogP contribution < -0.4 is 10.2 Å². The van der Waals surface area contributed by atoms with Gasteiger partial charge in [-0.05, 0) is 55.7 Å². The molecule has 2 heterocycles. The summed E-state index contributed by atoms with van der Waals surface area (Å²) in [6.07, 6.45) is 0. The van der Waals surface area contributed by atoms with Gasteiger partial charge in [0.1, 0.15) is 12.4 Å². The normalized spacial score (nSPS) is 11.2. The van der Waals surface area contributed by atoms with E-state index in [1.54, 1.807) is 6.07 Å². The van der Waals surface area contributed by atoms with Gasteiger partial charge in [-0.25, -0.2) is 0 Å². The Kier molecular flexibility index (Phi) is 5.63. The molecule has 2 aromatic carbocycles. The van der Waals surface area contributed by atoms with E-state index in [1.165, 1.54) is 22.9 Å². The van der Waals surface area contributed by atoms with Gasteiger partial charge in [-0.2, -0.15) is 0 Å². The molecule has 0 spiro atoms. The number of hydrogen-bond acceptors (Lipinski definition) is 5. The van der Waals surface area contributed by atoms with Gasteiger partial charge in [0.05, 0.1) is 5.52 Å². The largest absolute Gasteiger partial charge is 0.486 e. The fourth-order valence-electron chi connectivity index (χ4n) is 3.24. The lowest BCUT2D eigenvalue weighted by Gasteiger charge is -2.09. The summed E-state index contributed by atoms with van der Waals surface area (Å²) >= 11 is 1.53. The van der Waals surface area contributed by atoms with E-state index in [4.69, 9.17) is 4.74 Å². The Hall–Kier alpha value is -3.06. The molecule has 4 rings (SSSR count). The highest BCUT2D eigenvalue weighted by Gasteiger charge is 2.12. The van der Waals surface area contributed by atoms with E-state index in [2.05, 4.69) is 35.1 Å². The number of aromatic nitrogens is 4. The van der Waals surface area contributed by atoms with Crippen molar-refractivity contribution in [2.45, 2.75) is 38.3 Å². The molecule has 0 aliphatic heterocycles. The first kappa shape index (κ1) is 20.2. The van der Waals surface area contributed by atoms with Crippen molar-refractivity contribution in [2.24, 2.45) is 7.05 Å². The van der Waals surface area contributed by atoms with Crippen LogP contribution in [0.5, 0.6) is 5.75 Å². The molecule has 0 radical (unpaired) electrons. The van der Waals surface area contributed by atoms with Gasteiger partial charge in [0.2, 0.25) is 0 Å². The van der Waals surface area contributed by atoms with Crippen LogP contribution in [0, 0.1) is 20.8 Å². The Labute approximate surface area is 179 Å². The van der Waals surface area contributed by atoms with Crippen molar-refractivity contribution in [3.8, 4) is 5.75 Å². The molecule has 6 nitrogen and oxygen atoms in total. The number of pyridine rings is 1. The molecule has 0 saturated heterocycles. The molecule has 0 unspecified atom stereocenters. The monoisotopic (exact) mass is 420 g/mol. The zero-order valence-corrected chi connectivity index (χ0v) is 18.3. The third-order valence-electron chi connectivity index (χ3n) is 5.26. The second-order valence-electron chi connectivity index (χ2n) is 7.44. The molecule has 0 fully saturated rings. The van der Waals surface area contributed by atoms with Crippen LogP contribution in [0.2, 0.25) is 0 Å². The highest BCUT2D eigenvalue weighted by atomic mass is 32.2. The molecule has 7 heteroatoms. The van der Waals surface area contributed by atoms with Crippen molar-refractivity contribution >= 4 is 22.7 Å². The first-order chi connectivity index (χ1) is 14.4. The second kappa shape index (κ2) is 8.36. The molecule has 0 atom stereocenters. The number of hydrogen-bond donors (Lipinski definition) is 1. The number of H-pyrrole nitrogens is 1. The number of benzene rings is 2. The Balaban J connectivity index is 1.45. The minimum absolute atomic E-state index is 0.0310. The van der Waals surface area contributed by atoms with Crippen molar-refractivity contribution in [1.82, 2.24) is 19.7 Å². The lowest BCUT2D eigenvalue weighted by atomic mass is 10.1. The molecular formula is C23H24N4O2S. The molecule has 30 heavy (non-hydrogen) atoms. The van der Waals surface area contributed by atoms with Crippen molar-refractivity contribution in [3.05, 3.63) is 80.9 Å². The lowest BCUT2D eigenvalue weighted by molar-refractivity contribution is 0.290. The number of nitrogens with zero attached hydrogens (tertiary/aromatic N) is 3. The Morgan fingerprint density at radius 1 is 1.03 bits per heavy atom. The van der Waals surface area contributed by atoms with E-state index in [0.717, 1.165) is 33.5 Å². The molecular weight excluding hydrogens is 396 g/mol.